The lowest BCUT2D eigenvalue weighted by atomic mass is 10.0. The summed E-state index contributed by atoms with van der Waals surface area (Å²) in [6.07, 6.45) is 0.424. The highest BCUT2D eigenvalue weighted by atomic mass is 32.2. The lowest BCUT2D eigenvalue weighted by Crippen LogP contribution is -2.50. The number of carbonyl (C=O) groups excluding carboxylic acids is 2. The molecule has 0 heterocycles. The van der Waals surface area contributed by atoms with Crippen LogP contribution < -0.4 is 15.4 Å². The third-order valence-electron chi connectivity index (χ3n) is 3.55. The van der Waals surface area contributed by atoms with Crippen LogP contribution >= 0.6 is 0 Å². The van der Waals surface area contributed by atoms with Crippen molar-refractivity contribution >= 4 is 27.7 Å². The van der Waals surface area contributed by atoms with Gasteiger partial charge in [0.2, 0.25) is 15.9 Å². The van der Waals surface area contributed by atoms with Crippen molar-refractivity contribution in [2.75, 3.05) is 17.6 Å². The molecule has 0 aliphatic carbocycles. The molecule has 0 saturated heterocycles. The molecule has 0 bridgehead atoms. The monoisotopic (exact) mass is 385 g/mol. The van der Waals surface area contributed by atoms with Gasteiger partial charge in [-0.15, -0.1) is 0 Å². The number of amides is 2. The van der Waals surface area contributed by atoms with E-state index in [-0.39, 0.29) is 24.5 Å². The Kier molecular flexibility index (Phi) is 7.88. The Morgan fingerprint density at radius 1 is 1.15 bits per heavy atom. The van der Waals surface area contributed by atoms with Crippen LogP contribution in [0.25, 0.3) is 0 Å². The van der Waals surface area contributed by atoms with Crippen LogP contribution in [0.15, 0.2) is 24.3 Å². The molecule has 0 fully saturated rings. The molecule has 26 heavy (non-hydrogen) atoms. The Labute approximate surface area is 154 Å². The van der Waals surface area contributed by atoms with Crippen LogP contribution in [-0.2, 0) is 19.6 Å². The highest BCUT2D eigenvalue weighted by Crippen LogP contribution is 2.18. The van der Waals surface area contributed by atoms with Gasteiger partial charge in [0.15, 0.2) is 0 Å². The summed E-state index contributed by atoms with van der Waals surface area (Å²) in [4.78, 5) is 24.1. The molecule has 1 aromatic carbocycles. The second-order valence-corrected chi connectivity index (χ2v) is 8.06. The molecule has 1 aromatic rings. The lowest BCUT2D eigenvalue weighted by Gasteiger charge is -2.24. The maximum atomic E-state index is 12.5. The van der Waals surface area contributed by atoms with E-state index in [2.05, 4.69) is 15.4 Å². The Morgan fingerprint density at radius 3 is 2.35 bits per heavy atom. The van der Waals surface area contributed by atoms with Gasteiger partial charge in [-0.05, 0) is 37.5 Å². The molecule has 2 atom stereocenters. The van der Waals surface area contributed by atoms with Gasteiger partial charge in [-0.25, -0.2) is 13.2 Å². The number of benzene rings is 1. The van der Waals surface area contributed by atoms with Gasteiger partial charge in [0.05, 0.1) is 18.9 Å². The summed E-state index contributed by atoms with van der Waals surface area (Å²) in [5.41, 5.74) is 1.14. The van der Waals surface area contributed by atoms with Crippen LogP contribution in [0.1, 0.15) is 39.3 Å². The van der Waals surface area contributed by atoms with Gasteiger partial charge in [0.1, 0.15) is 6.04 Å². The number of sulfonamides is 1. The standard InChI is InChI=1S/C17H27N3O5S/c1-6-25-17(22)19-15(11(2)3)16(21)18-12(4)13-8-7-9-14(10-13)20-26(5,23)24/h7-12,15,20H,6H2,1-5H3,(H,18,21)(H,19,22). The zero-order valence-corrected chi connectivity index (χ0v) is 16.5. The van der Waals surface area contributed by atoms with Crippen LogP contribution in [0.5, 0.6) is 0 Å². The topological polar surface area (TPSA) is 114 Å². The molecule has 1 rings (SSSR count). The van der Waals surface area contributed by atoms with Crippen molar-refractivity contribution in [1.82, 2.24) is 10.6 Å². The number of hydrogen-bond donors (Lipinski definition) is 3. The SMILES string of the molecule is CCOC(=O)NC(C(=O)NC(C)c1cccc(NS(C)(=O)=O)c1)C(C)C. The van der Waals surface area contributed by atoms with E-state index in [4.69, 9.17) is 4.74 Å². The van der Waals surface area contributed by atoms with Crippen molar-refractivity contribution in [3.05, 3.63) is 29.8 Å². The van der Waals surface area contributed by atoms with Crippen LogP contribution in [0.4, 0.5) is 10.5 Å². The zero-order valence-electron chi connectivity index (χ0n) is 15.7. The average Bonchev–Trinajstić information content (AvgIpc) is 2.51. The van der Waals surface area contributed by atoms with Crippen molar-refractivity contribution in [2.45, 2.75) is 39.8 Å². The number of nitrogens with one attached hydrogen (secondary N) is 3. The second kappa shape index (κ2) is 9.42. The van der Waals surface area contributed by atoms with Gasteiger partial charge in [0.25, 0.3) is 0 Å². The van der Waals surface area contributed by atoms with E-state index in [9.17, 15) is 18.0 Å². The molecule has 2 unspecified atom stereocenters. The maximum Gasteiger partial charge on any atom is 0.407 e. The minimum Gasteiger partial charge on any atom is -0.450 e. The average molecular weight is 385 g/mol. The number of alkyl carbamates (subject to hydrolysis) is 1. The molecule has 0 aliphatic rings. The molecular formula is C17H27N3O5S. The number of ether oxygens (including phenoxy) is 1. The van der Waals surface area contributed by atoms with Gasteiger partial charge < -0.3 is 15.4 Å². The first-order valence-corrected chi connectivity index (χ1v) is 10.2. The highest BCUT2D eigenvalue weighted by Gasteiger charge is 2.26. The van der Waals surface area contributed by atoms with Crippen molar-refractivity contribution in [2.24, 2.45) is 5.92 Å². The van der Waals surface area contributed by atoms with E-state index in [0.29, 0.717) is 5.69 Å². The Balaban J connectivity index is 2.84. The van der Waals surface area contributed by atoms with Crippen LogP contribution in [0, 0.1) is 5.92 Å². The first kappa shape index (κ1) is 21.8. The molecule has 0 saturated carbocycles. The normalized spacial score (nSPS) is 13.6. The van der Waals surface area contributed by atoms with E-state index in [1.54, 1.807) is 38.1 Å². The van der Waals surface area contributed by atoms with Crippen LogP contribution in [-0.4, -0.2) is 39.3 Å². The van der Waals surface area contributed by atoms with Crippen molar-refractivity contribution in [3.8, 4) is 0 Å². The van der Waals surface area contributed by atoms with Gasteiger partial charge in [-0.1, -0.05) is 26.0 Å². The molecule has 3 N–H and O–H groups in total. The summed E-state index contributed by atoms with van der Waals surface area (Å²) in [6, 6.07) is 5.63. The predicted molar refractivity (Wildman–Crippen MR) is 100 cm³/mol. The van der Waals surface area contributed by atoms with Gasteiger partial charge in [0, 0.05) is 5.69 Å². The summed E-state index contributed by atoms with van der Waals surface area (Å²) in [5, 5.41) is 5.38. The smallest absolute Gasteiger partial charge is 0.407 e. The molecule has 9 heteroatoms. The molecule has 146 valence electrons. The first-order valence-electron chi connectivity index (χ1n) is 8.35. The maximum absolute atomic E-state index is 12.5. The summed E-state index contributed by atoms with van der Waals surface area (Å²) in [5.74, 6) is -0.480. The fraction of sp³-hybridized carbons (Fsp3) is 0.529. The summed E-state index contributed by atoms with van der Waals surface area (Å²) in [6.45, 7) is 7.31. The van der Waals surface area contributed by atoms with E-state index < -0.39 is 22.2 Å². The third-order valence-corrected chi connectivity index (χ3v) is 4.15. The fourth-order valence-electron chi connectivity index (χ4n) is 2.31. The zero-order chi connectivity index (χ0) is 19.9. The van der Waals surface area contributed by atoms with Crippen molar-refractivity contribution in [1.29, 1.82) is 0 Å². The molecule has 0 aromatic heterocycles. The number of anilines is 1. The fourth-order valence-corrected chi connectivity index (χ4v) is 2.86. The molecule has 0 spiro atoms. The van der Waals surface area contributed by atoms with Crippen molar-refractivity contribution in [3.63, 3.8) is 0 Å². The van der Waals surface area contributed by atoms with Gasteiger partial charge >= 0.3 is 6.09 Å². The molecule has 8 nitrogen and oxygen atoms in total. The second-order valence-electron chi connectivity index (χ2n) is 6.32. The highest BCUT2D eigenvalue weighted by molar-refractivity contribution is 7.92. The van der Waals surface area contributed by atoms with Crippen molar-refractivity contribution < 1.29 is 22.7 Å². The number of hydrogen-bond acceptors (Lipinski definition) is 5. The van der Waals surface area contributed by atoms with E-state index in [0.717, 1.165) is 11.8 Å². The van der Waals surface area contributed by atoms with E-state index in [1.807, 2.05) is 13.8 Å². The molecular weight excluding hydrogens is 358 g/mol. The molecule has 0 radical (unpaired) electrons. The number of rotatable bonds is 8. The summed E-state index contributed by atoms with van der Waals surface area (Å²) < 4.78 is 29.9. The predicted octanol–water partition coefficient (Wildman–Crippen LogP) is 2.01. The van der Waals surface area contributed by atoms with Crippen LogP contribution in [0.3, 0.4) is 0 Å². The van der Waals surface area contributed by atoms with E-state index in [1.165, 1.54) is 0 Å². The third kappa shape index (κ3) is 7.30. The lowest BCUT2D eigenvalue weighted by molar-refractivity contribution is -0.124. The molecule has 2 amide bonds. The Bertz CT molecular complexity index is 734. The largest absolute Gasteiger partial charge is 0.450 e. The Hall–Kier alpha value is -2.29. The minimum absolute atomic E-state index is 0.134. The first-order chi connectivity index (χ1) is 12.0. The quantitative estimate of drug-likeness (QED) is 0.633. The number of carbonyl (C=O) groups is 2. The summed E-state index contributed by atoms with van der Waals surface area (Å²) in [7, 11) is -3.39. The van der Waals surface area contributed by atoms with E-state index >= 15 is 0 Å². The minimum atomic E-state index is -3.39. The van der Waals surface area contributed by atoms with Gasteiger partial charge in [-0.2, -0.15) is 0 Å². The van der Waals surface area contributed by atoms with Gasteiger partial charge in [-0.3, -0.25) is 9.52 Å². The van der Waals surface area contributed by atoms with Crippen LogP contribution in [0.2, 0.25) is 0 Å². The summed E-state index contributed by atoms with van der Waals surface area (Å²) >= 11 is 0. The molecule has 0 aliphatic heterocycles. The Morgan fingerprint density at radius 2 is 1.81 bits per heavy atom.